The van der Waals surface area contributed by atoms with Crippen molar-refractivity contribution >= 4 is 27.1 Å². The summed E-state index contributed by atoms with van der Waals surface area (Å²) in [4.78, 5) is 16.0. The molecule has 10 heteroatoms. The number of pyridine rings is 1. The van der Waals surface area contributed by atoms with Crippen molar-refractivity contribution < 1.29 is 18.3 Å². The molecule has 0 atom stereocenters. The van der Waals surface area contributed by atoms with Crippen LogP contribution in [0.15, 0.2) is 24.5 Å². The van der Waals surface area contributed by atoms with E-state index in [1.807, 2.05) is 43.7 Å². The average molecular weight is 434 g/mol. The number of amides is 1. The zero-order valence-corrected chi connectivity index (χ0v) is 18.5. The molecular formula is C20H27N5O4S. The van der Waals surface area contributed by atoms with E-state index in [1.165, 1.54) is 0 Å². The van der Waals surface area contributed by atoms with Gasteiger partial charge in [0.05, 0.1) is 11.4 Å². The van der Waals surface area contributed by atoms with Gasteiger partial charge in [0.15, 0.2) is 0 Å². The lowest BCUT2D eigenvalue weighted by Gasteiger charge is -2.19. The van der Waals surface area contributed by atoms with Gasteiger partial charge in [0.2, 0.25) is 10.0 Å². The second kappa shape index (κ2) is 8.47. The number of rotatable bonds is 8. The Morgan fingerprint density at radius 2 is 2.03 bits per heavy atom. The van der Waals surface area contributed by atoms with Gasteiger partial charge in [-0.25, -0.2) is 22.5 Å². The number of carbonyl (C=O) groups is 1. The third kappa shape index (κ3) is 4.18. The molecule has 0 spiro atoms. The van der Waals surface area contributed by atoms with Crippen molar-refractivity contribution in [1.29, 1.82) is 0 Å². The Balaban J connectivity index is 1.95. The van der Waals surface area contributed by atoms with Crippen LogP contribution in [-0.2, 0) is 23.5 Å². The first-order valence-corrected chi connectivity index (χ1v) is 11.5. The molecule has 30 heavy (non-hydrogen) atoms. The van der Waals surface area contributed by atoms with Crippen molar-refractivity contribution in [3.05, 3.63) is 41.3 Å². The molecule has 0 saturated carbocycles. The van der Waals surface area contributed by atoms with Gasteiger partial charge < -0.3 is 5.11 Å². The highest BCUT2D eigenvalue weighted by molar-refractivity contribution is 7.89. The fourth-order valence-corrected chi connectivity index (χ4v) is 4.91. The Labute approximate surface area is 176 Å². The van der Waals surface area contributed by atoms with E-state index in [4.69, 9.17) is 0 Å². The zero-order chi connectivity index (χ0) is 22.1. The van der Waals surface area contributed by atoms with E-state index in [2.05, 4.69) is 10.1 Å². The number of hydrogen-bond acceptors (Lipinski definition) is 5. The largest absolute Gasteiger partial charge is 0.464 e. The fourth-order valence-electron chi connectivity index (χ4n) is 3.59. The van der Waals surface area contributed by atoms with Gasteiger partial charge in [-0.2, -0.15) is 5.10 Å². The van der Waals surface area contributed by atoms with Crippen LogP contribution in [0.3, 0.4) is 0 Å². The zero-order valence-electron chi connectivity index (χ0n) is 17.7. The van der Waals surface area contributed by atoms with Crippen molar-refractivity contribution in [3.63, 3.8) is 0 Å². The molecule has 0 bridgehead atoms. The third-order valence-electron chi connectivity index (χ3n) is 5.08. The second-order valence-corrected chi connectivity index (χ2v) is 9.41. The Kier molecular flexibility index (Phi) is 6.16. The molecule has 9 nitrogen and oxygen atoms in total. The summed E-state index contributed by atoms with van der Waals surface area (Å²) >= 11 is 0. The fraction of sp³-hybridized carbons (Fsp3) is 0.450. The summed E-state index contributed by atoms with van der Waals surface area (Å²) < 4.78 is 29.6. The molecule has 0 aliphatic carbocycles. The van der Waals surface area contributed by atoms with Gasteiger partial charge in [0.1, 0.15) is 11.5 Å². The van der Waals surface area contributed by atoms with Crippen LogP contribution in [0.25, 0.3) is 16.9 Å². The average Bonchev–Trinajstić information content (AvgIpc) is 3.18. The molecule has 3 aromatic rings. The molecule has 162 valence electrons. The highest BCUT2D eigenvalue weighted by Gasteiger charge is 2.28. The molecule has 0 aliphatic rings. The molecule has 0 saturated heterocycles. The van der Waals surface area contributed by atoms with Gasteiger partial charge in [-0.05, 0) is 44.4 Å². The predicted molar refractivity (Wildman–Crippen MR) is 114 cm³/mol. The molecule has 3 heterocycles. The minimum absolute atomic E-state index is 0.0292. The summed E-state index contributed by atoms with van der Waals surface area (Å²) in [5.41, 5.74) is 3.25. The van der Waals surface area contributed by atoms with Crippen LogP contribution in [0.1, 0.15) is 36.6 Å². The first kappa shape index (κ1) is 21.8. The molecule has 0 aliphatic heterocycles. The van der Waals surface area contributed by atoms with Gasteiger partial charge in [-0.3, -0.25) is 9.25 Å². The molecule has 1 amide bonds. The monoisotopic (exact) mass is 433 g/mol. The van der Waals surface area contributed by atoms with Crippen LogP contribution in [0.2, 0.25) is 0 Å². The van der Waals surface area contributed by atoms with E-state index < -0.39 is 16.1 Å². The Hall–Kier alpha value is -2.88. The number of carboxylic acid groups (broad SMARTS) is 1. The Morgan fingerprint density at radius 3 is 2.70 bits per heavy atom. The third-order valence-corrected chi connectivity index (χ3v) is 6.81. The number of hydrogen-bond donors (Lipinski definition) is 1. The molecule has 0 unspecified atom stereocenters. The van der Waals surface area contributed by atoms with Crippen molar-refractivity contribution in [2.45, 2.75) is 40.0 Å². The first-order valence-electron chi connectivity index (χ1n) is 9.85. The molecule has 0 radical (unpaired) electrons. The summed E-state index contributed by atoms with van der Waals surface area (Å²) in [5, 5.41) is 14.8. The Morgan fingerprint density at radius 1 is 1.30 bits per heavy atom. The van der Waals surface area contributed by atoms with Gasteiger partial charge in [-0.15, -0.1) is 0 Å². The SMILES string of the molecule is CCCCN(C(=O)O)S(=O)(=O)CCc1c(C)nn(C)c1-n1ccc2cc(C)cnc21. The number of fused-ring (bicyclic) bond motifs is 1. The molecule has 0 aromatic carbocycles. The van der Waals surface area contributed by atoms with E-state index in [0.29, 0.717) is 22.8 Å². The normalized spacial score (nSPS) is 11.9. The molecule has 0 fully saturated rings. The second-order valence-electron chi connectivity index (χ2n) is 7.40. The summed E-state index contributed by atoms with van der Waals surface area (Å²) in [5.74, 6) is 0.415. The maximum Gasteiger partial charge on any atom is 0.421 e. The number of aromatic nitrogens is 4. The number of nitrogens with zero attached hydrogens (tertiary/aromatic N) is 5. The van der Waals surface area contributed by atoms with E-state index in [0.717, 1.165) is 28.0 Å². The van der Waals surface area contributed by atoms with E-state index >= 15 is 0 Å². The summed E-state index contributed by atoms with van der Waals surface area (Å²) in [6.07, 6.45) is 3.57. The van der Waals surface area contributed by atoms with Crippen LogP contribution in [0.5, 0.6) is 0 Å². The lowest BCUT2D eigenvalue weighted by atomic mass is 10.2. The van der Waals surface area contributed by atoms with Crippen molar-refractivity contribution in [2.75, 3.05) is 12.3 Å². The maximum absolute atomic E-state index is 12.7. The van der Waals surface area contributed by atoms with Gasteiger partial charge in [0.25, 0.3) is 0 Å². The van der Waals surface area contributed by atoms with Gasteiger partial charge in [0, 0.05) is 36.9 Å². The highest BCUT2D eigenvalue weighted by atomic mass is 32.2. The van der Waals surface area contributed by atoms with Crippen molar-refractivity contribution in [2.24, 2.45) is 7.05 Å². The molecular weight excluding hydrogens is 406 g/mol. The number of unbranched alkanes of at least 4 members (excludes halogenated alkanes) is 1. The molecule has 3 rings (SSSR count). The number of aryl methyl sites for hydroxylation is 3. The van der Waals surface area contributed by atoms with Crippen LogP contribution >= 0.6 is 0 Å². The molecule has 1 N–H and O–H groups in total. The van der Waals surface area contributed by atoms with Crippen LogP contribution < -0.4 is 0 Å². The van der Waals surface area contributed by atoms with Crippen LogP contribution in [0, 0.1) is 13.8 Å². The smallest absolute Gasteiger partial charge is 0.421 e. The summed E-state index contributed by atoms with van der Waals surface area (Å²) in [6, 6.07) is 3.99. The van der Waals surface area contributed by atoms with Crippen molar-refractivity contribution in [1.82, 2.24) is 23.6 Å². The topological polar surface area (TPSA) is 110 Å². The van der Waals surface area contributed by atoms with Crippen LogP contribution in [0.4, 0.5) is 4.79 Å². The van der Waals surface area contributed by atoms with Crippen molar-refractivity contribution in [3.8, 4) is 5.82 Å². The quantitative estimate of drug-likeness (QED) is 0.585. The lowest BCUT2D eigenvalue weighted by Crippen LogP contribution is -2.38. The van der Waals surface area contributed by atoms with E-state index in [1.54, 1.807) is 17.9 Å². The first-order chi connectivity index (χ1) is 14.2. The Bertz CT molecular complexity index is 1180. The maximum atomic E-state index is 12.7. The van der Waals surface area contributed by atoms with E-state index in [9.17, 15) is 18.3 Å². The van der Waals surface area contributed by atoms with Crippen LogP contribution in [-0.4, -0.2) is 55.6 Å². The van der Waals surface area contributed by atoms with Gasteiger partial charge >= 0.3 is 6.09 Å². The lowest BCUT2D eigenvalue weighted by molar-refractivity contribution is 0.172. The highest BCUT2D eigenvalue weighted by Crippen LogP contribution is 2.25. The minimum Gasteiger partial charge on any atom is -0.464 e. The minimum atomic E-state index is -3.96. The molecule has 3 aromatic heterocycles. The standard InChI is InChI=1S/C20H27N5O4S/c1-5-6-9-25(20(26)27)30(28,29)11-8-17-15(3)22-23(4)19(17)24-10-7-16-12-14(2)13-21-18(16)24/h7,10,12-13H,5-6,8-9,11H2,1-4H3,(H,26,27). The number of sulfonamides is 1. The van der Waals surface area contributed by atoms with Gasteiger partial charge in [-0.1, -0.05) is 13.3 Å². The summed E-state index contributed by atoms with van der Waals surface area (Å²) in [6.45, 7) is 5.65. The predicted octanol–water partition coefficient (Wildman–Crippen LogP) is 3.03. The summed E-state index contributed by atoms with van der Waals surface area (Å²) in [7, 11) is -2.16. The van der Waals surface area contributed by atoms with E-state index in [-0.39, 0.29) is 18.7 Å².